The zero-order valence-corrected chi connectivity index (χ0v) is 11.8. The summed E-state index contributed by atoms with van der Waals surface area (Å²) in [6, 6.07) is 3.36. The molecule has 1 aromatic rings. The number of hydrogen-bond acceptors (Lipinski definition) is 3. The van der Waals surface area contributed by atoms with Gasteiger partial charge in [-0.05, 0) is 35.0 Å². The molecule has 0 aliphatic carbocycles. The normalized spacial score (nSPS) is 18.9. The summed E-state index contributed by atoms with van der Waals surface area (Å²) in [5, 5.41) is 3.22. The van der Waals surface area contributed by atoms with Crippen molar-refractivity contribution < 1.29 is 4.79 Å². The van der Waals surface area contributed by atoms with Crippen molar-refractivity contribution in [3.63, 3.8) is 0 Å². The minimum atomic E-state index is -0.163. The lowest BCUT2D eigenvalue weighted by atomic mass is 10.2. The van der Waals surface area contributed by atoms with Gasteiger partial charge in [0.2, 0.25) is 5.91 Å². The largest absolute Gasteiger partial charge is 0.340 e. The quantitative estimate of drug-likeness (QED) is 0.880. The van der Waals surface area contributed by atoms with E-state index in [0.29, 0.717) is 0 Å². The summed E-state index contributed by atoms with van der Waals surface area (Å²) in [5.74, 6) is -0.0381. The zero-order valence-electron chi connectivity index (χ0n) is 10.2. The standard InChI is InChI=1S/C12H16BrN3O2/c1-15(10-4-5-14-6-10)12(18)8-16-7-9(13)2-3-11(16)17/h2-3,7,10,14H,4-6,8H2,1H3. The van der Waals surface area contributed by atoms with Crippen LogP contribution >= 0.6 is 15.9 Å². The monoisotopic (exact) mass is 313 g/mol. The number of amides is 1. The van der Waals surface area contributed by atoms with Gasteiger partial charge in [0, 0.05) is 36.4 Å². The summed E-state index contributed by atoms with van der Waals surface area (Å²) < 4.78 is 2.21. The number of carbonyl (C=O) groups excluding carboxylic acids is 1. The molecule has 0 bridgehead atoms. The van der Waals surface area contributed by atoms with Crippen LogP contribution in [-0.4, -0.2) is 41.6 Å². The number of halogens is 1. The van der Waals surface area contributed by atoms with Gasteiger partial charge >= 0.3 is 0 Å². The van der Waals surface area contributed by atoms with Gasteiger partial charge in [0.1, 0.15) is 6.54 Å². The molecule has 1 atom stereocenters. The average molecular weight is 314 g/mol. The van der Waals surface area contributed by atoms with E-state index < -0.39 is 0 Å². The summed E-state index contributed by atoms with van der Waals surface area (Å²) in [6.07, 6.45) is 2.61. The average Bonchev–Trinajstić information content (AvgIpc) is 2.86. The Bertz CT molecular complexity index is 494. The van der Waals surface area contributed by atoms with Crippen LogP contribution in [0.15, 0.2) is 27.6 Å². The Balaban J connectivity index is 2.06. The second-order valence-corrected chi connectivity index (χ2v) is 5.38. The third kappa shape index (κ3) is 3.00. The number of nitrogens with one attached hydrogen (secondary N) is 1. The third-order valence-electron chi connectivity index (χ3n) is 3.23. The van der Waals surface area contributed by atoms with Crippen molar-refractivity contribution in [3.8, 4) is 0 Å². The van der Waals surface area contributed by atoms with Crippen LogP contribution in [-0.2, 0) is 11.3 Å². The topological polar surface area (TPSA) is 54.3 Å². The molecule has 1 fully saturated rings. The van der Waals surface area contributed by atoms with Crippen LogP contribution in [0.5, 0.6) is 0 Å². The van der Waals surface area contributed by atoms with Crippen molar-refractivity contribution >= 4 is 21.8 Å². The van der Waals surface area contributed by atoms with Crippen molar-refractivity contribution in [2.45, 2.75) is 19.0 Å². The van der Waals surface area contributed by atoms with Crippen LogP contribution in [0, 0.1) is 0 Å². The van der Waals surface area contributed by atoms with Crippen LogP contribution in [0.1, 0.15) is 6.42 Å². The molecule has 2 heterocycles. The van der Waals surface area contributed by atoms with Crippen LogP contribution in [0.4, 0.5) is 0 Å². The van der Waals surface area contributed by atoms with E-state index in [1.165, 1.54) is 10.6 Å². The first-order valence-corrected chi connectivity index (χ1v) is 6.69. The SMILES string of the molecule is CN(C(=O)Cn1cc(Br)ccc1=O)C1CCNC1. The molecule has 1 aromatic heterocycles. The Kier molecular flexibility index (Phi) is 4.19. The van der Waals surface area contributed by atoms with Crippen molar-refractivity contribution in [1.29, 1.82) is 0 Å². The molecule has 2 rings (SSSR count). The Morgan fingerprint density at radius 3 is 3.06 bits per heavy atom. The first-order valence-electron chi connectivity index (χ1n) is 5.90. The van der Waals surface area contributed by atoms with Gasteiger partial charge in [-0.15, -0.1) is 0 Å². The highest BCUT2D eigenvalue weighted by molar-refractivity contribution is 9.10. The highest BCUT2D eigenvalue weighted by atomic mass is 79.9. The zero-order chi connectivity index (χ0) is 13.1. The van der Waals surface area contributed by atoms with Crippen molar-refractivity contribution in [1.82, 2.24) is 14.8 Å². The van der Waals surface area contributed by atoms with Gasteiger partial charge in [-0.2, -0.15) is 0 Å². The van der Waals surface area contributed by atoms with E-state index in [-0.39, 0.29) is 24.1 Å². The second-order valence-electron chi connectivity index (χ2n) is 4.46. The molecule has 1 unspecified atom stereocenters. The Labute approximate surface area is 114 Å². The van der Waals surface area contributed by atoms with Gasteiger partial charge in [-0.25, -0.2) is 0 Å². The molecule has 6 heteroatoms. The number of carbonyl (C=O) groups is 1. The van der Waals surface area contributed by atoms with Crippen LogP contribution in [0.3, 0.4) is 0 Å². The minimum Gasteiger partial charge on any atom is -0.340 e. The number of hydrogen-bond donors (Lipinski definition) is 1. The van der Waals surface area contributed by atoms with Gasteiger partial charge in [0.25, 0.3) is 5.56 Å². The first kappa shape index (κ1) is 13.3. The third-order valence-corrected chi connectivity index (χ3v) is 3.70. The summed E-state index contributed by atoms with van der Waals surface area (Å²) >= 11 is 3.29. The molecule has 98 valence electrons. The molecule has 1 aliphatic heterocycles. The van der Waals surface area contributed by atoms with Gasteiger partial charge in [-0.3, -0.25) is 9.59 Å². The van der Waals surface area contributed by atoms with E-state index in [0.717, 1.165) is 24.0 Å². The van der Waals surface area contributed by atoms with E-state index >= 15 is 0 Å². The number of pyridine rings is 1. The highest BCUT2D eigenvalue weighted by Crippen LogP contribution is 2.08. The van der Waals surface area contributed by atoms with Gasteiger partial charge in [-0.1, -0.05) is 0 Å². The number of nitrogens with zero attached hydrogens (tertiary/aromatic N) is 2. The second kappa shape index (κ2) is 5.67. The van der Waals surface area contributed by atoms with Crippen LogP contribution in [0.2, 0.25) is 0 Å². The molecule has 18 heavy (non-hydrogen) atoms. The summed E-state index contributed by atoms with van der Waals surface area (Å²) in [4.78, 5) is 25.4. The summed E-state index contributed by atoms with van der Waals surface area (Å²) in [6.45, 7) is 1.86. The highest BCUT2D eigenvalue weighted by Gasteiger charge is 2.23. The number of likely N-dealkylation sites (N-methyl/N-ethyl adjacent to an activating group) is 1. The Hall–Kier alpha value is -1.14. The van der Waals surface area contributed by atoms with E-state index in [1.54, 1.807) is 24.2 Å². The molecule has 0 spiro atoms. The summed E-state index contributed by atoms with van der Waals surface area (Å²) in [7, 11) is 1.79. The summed E-state index contributed by atoms with van der Waals surface area (Å²) in [5.41, 5.74) is -0.163. The van der Waals surface area contributed by atoms with Crippen molar-refractivity contribution in [3.05, 3.63) is 33.2 Å². The van der Waals surface area contributed by atoms with Crippen LogP contribution < -0.4 is 10.9 Å². The smallest absolute Gasteiger partial charge is 0.251 e. The lowest BCUT2D eigenvalue weighted by Gasteiger charge is -2.24. The van der Waals surface area contributed by atoms with Crippen molar-refractivity contribution in [2.24, 2.45) is 0 Å². The Morgan fingerprint density at radius 2 is 2.39 bits per heavy atom. The van der Waals surface area contributed by atoms with Gasteiger partial charge in [0.15, 0.2) is 0 Å². The maximum Gasteiger partial charge on any atom is 0.251 e. The Morgan fingerprint density at radius 1 is 1.61 bits per heavy atom. The van der Waals surface area contributed by atoms with E-state index in [9.17, 15) is 9.59 Å². The lowest BCUT2D eigenvalue weighted by molar-refractivity contribution is -0.132. The van der Waals surface area contributed by atoms with Crippen molar-refractivity contribution in [2.75, 3.05) is 20.1 Å². The molecule has 1 N–H and O–H groups in total. The molecular weight excluding hydrogens is 298 g/mol. The predicted molar refractivity (Wildman–Crippen MR) is 72.4 cm³/mol. The molecule has 1 saturated heterocycles. The fraction of sp³-hybridized carbons (Fsp3) is 0.500. The first-order chi connectivity index (χ1) is 8.58. The molecular formula is C12H16BrN3O2. The molecule has 5 nitrogen and oxygen atoms in total. The molecule has 0 aromatic carbocycles. The molecule has 1 aliphatic rings. The fourth-order valence-electron chi connectivity index (χ4n) is 2.06. The molecule has 0 saturated carbocycles. The van der Waals surface area contributed by atoms with Crippen LogP contribution in [0.25, 0.3) is 0 Å². The molecule has 1 amide bonds. The van der Waals surface area contributed by atoms with E-state index in [2.05, 4.69) is 21.2 Å². The predicted octanol–water partition coefficient (Wildman–Crippen LogP) is 0.431. The van der Waals surface area contributed by atoms with E-state index in [1.807, 2.05) is 0 Å². The lowest BCUT2D eigenvalue weighted by Crippen LogP contribution is -2.41. The number of rotatable bonds is 3. The van der Waals surface area contributed by atoms with E-state index in [4.69, 9.17) is 0 Å². The maximum atomic E-state index is 12.1. The minimum absolute atomic E-state index is 0.0381. The maximum absolute atomic E-state index is 12.1. The van der Waals surface area contributed by atoms with Gasteiger partial charge in [0.05, 0.1) is 0 Å². The number of aromatic nitrogens is 1. The van der Waals surface area contributed by atoms with Gasteiger partial charge < -0.3 is 14.8 Å². The fourth-order valence-corrected chi connectivity index (χ4v) is 2.44. The molecule has 0 radical (unpaired) electrons.